The highest BCUT2D eigenvalue weighted by atomic mass is 16.5. The number of methoxy groups -OCH3 is 2. The summed E-state index contributed by atoms with van der Waals surface area (Å²) in [4.78, 5) is 26.7. The molecule has 6 heteroatoms. The zero-order valence-electron chi connectivity index (χ0n) is 15.9. The van der Waals surface area contributed by atoms with Gasteiger partial charge in [-0.1, -0.05) is 13.0 Å². The number of fused-ring (bicyclic) bond motifs is 1. The van der Waals surface area contributed by atoms with Gasteiger partial charge in [0.25, 0.3) is 5.91 Å². The Morgan fingerprint density at radius 1 is 1.15 bits per heavy atom. The largest absolute Gasteiger partial charge is 0.497 e. The molecule has 0 aliphatic carbocycles. The van der Waals surface area contributed by atoms with Gasteiger partial charge in [0.1, 0.15) is 11.5 Å². The number of carbonyl (C=O) groups is 2. The molecule has 0 radical (unpaired) electrons. The summed E-state index contributed by atoms with van der Waals surface area (Å²) < 4.78 is 10.6. The van der Waals surface area contributed by atoms with Crippen LogP contribution in [-0.4, -0.2) is 32.6 Å². The Morgan fingerprint density at radius 3 is 2.67 bits per heavy atom. The number of carbonyl (C=O) groups excluding carboxylic acids is 2. The Labute approximate surface area is 159 Å². The lowest BCUT2D eigenvalue weighted by molar-refractivity contribution is -0.118. The van der Waals surface area contributed by atoms with Crippen LogP contribution in [-0.2, 0) is 17.8 Å². The number of nitrogens with zero attached hydrogens (tertiary/aromatic N) is 1. The van der Waals surface area contributed by atoms with Crippen molar-refractivity contribution >= 4 is 17.5 Å². The summed E-state index contributed by atoms with van der Waals surface area (Å²) in [7, 11) is 3.19. The molecule has 2 aromatic rings. The van der Waals surface area contributed by atoms with Crippen molar-refractivity contribution in [3.63, 3.8) is 0 Å². The third kappa shape index (κ3) is 3.74. The van der Waals surface area contributed by atoms with Crippen LogP contribution in [0.2, 0.25) is 0 Å². The second-order valence-corrected chi connectivity index (χ2v) is 6.31. The van der Waals surface area contributed by atoms with Gasteiger partial charge in [0.05, 0.1) is 14.2 Å². The van der Waals surface area contributed by atoms with Crippen molar-refractivity contribution in [2.75, 3.05) is 25.7 Å². The van der Waals surface area contributed by atoms with Crippen molar-refractivity contribution in [3.05, 3.63) is 53.1 Å². The third-order valence-electron chi connectivity index (χ3n) is 4.80. The van der Waals surface area contributed by atoms with Crippen molar-refractivity contribution < 1.29 is 19.1 Å². The molecule has 27 heavy (non-hydrogen) atoms. The van der Waals surface area contributed by atoms with Crippen molar-refractivity contribution in [1.29, 1.82) is 0 Å². The summed E-state index contributed by atoms with van der Waals surface area (Å²) >= 11 is 0. The van der Waals surface area contributed by atoms with E-state index in [1.54, 1.807) is 25.2 Å². The van der Waals surface area contributed by atoms with Crippen LogP contribution in [0.5, 0.6) is 11.5 Å². The van der Waals surface area contributed by atoms with Crippen LogP contribution in [0.15, 0.2) is 36.4 Å². The Kier molecular flexibility index (Phi) is 5.64. The monoisotopic (exact) mass is 368 g/mol. The maximum absolute atomic E-state index is 12.8. The topological polar surface area (TPSA) is 67.9 Å². The van der Waals surface area contributed by atoms with Crippen LogP contribution in [0.3, 0.4) is 0 Å². The van der Waals surface area contributed by atoms with Gasteiger partial charge in [-0.05, 0) is 42.3 Å². The highest BCUT2D eigenvalue weighted by molar-refractivity contribution is 6.01. The molecule has 0 unspecified atom stereocenters. The zero-order chi connectivity index (χ0) is 19.4. The number of benzene rings is 2. The van der Waals surface area contributed by atoms with Gasteiger partial charge in [-0.25, -0.2) is 0 Å². The molecule has 1 aliphatic heterocycles. The quantitative estimate of drug-likeness (QED) is 0.851. The SMILES string of the molecule is CCC(=O)N1CCc2c(C(=O)NCc3cc(OC)ccc3OC)cccc21. The lowest BCUT2D eigenvalue weighted by Gasteiger charge is -2.17. The molecule has 6 nitrogen and oxygen atoms in total. The fourth-order valence-electron chi connectivity index (χ4n) is 3.39. The first-order valence-electron chi connectivity index (χ1n) is 9.00. The number of nitrogens with one attached hydrogen (secondary N) is 1. The molecular formula is C21H24N2O4. The van der Waals surface area contributed by atoms with Crippen molar-refractivity contribution in [1.82, 2.24) is 5.32 Å². The molecular weight excluding hydrogens is 344 g/mol. The smallest absolute Gasteiger partial charge is 0.251 e. The van der Waals surface area contributed by atoms with Crippen LogP contribution in [0.1, 0.15) is 34.8 Å². The zero-order valence-corrected chi connectivity index (χ0v) is 15.9. The number of anilines is 1. The Morgan fingerprint density at radius 2 is 1.96 bits per heavy atom. The number of hydrogen-bond donors (Lipinski definition) is 1. The molecule has 2 aromatic carbocycles. The lowest BCUT2D eigenvalue weighted by Crippen LogP contribution is -2.27. The molecule has 0 saturated carbocycles. The molecule has 142 valence electrons. The van der Waals surface area contributed by atoms with Gasteiger partial charge in [-0.15, -0.1) is 0 Å². The molecule has 1 heterocycles. The summed E-state index contributed by atoms with van der Waals surface area (Å²) in [5.74, 6) is 1.30. The van der Waals surface area contributed by atoms with Crippen LogP contribution < -0.4 is 19.7 Å². The molecule has 2 amide bonds. The number of rotatable bonds is 6. The second-order valence-electron chi connectivity index (χ2n) is 6.31. The van der Waals surface area contributed by atoms with Gasteiger partial charge >= 0.3 is 0 Å². The van der Waals surface area contributed by atoms with E-state index in [9.17, 15) is 9.59 Å². The summed E-state index contributed by atoms with van der Waals surface area (Å²) in [6.45, 7) is 2.79. The summed E-state index contributed by atoms with van der Waals surface area (Å²) in [5.41, 5.74) is 3.21. The molecule has 0 aromatic heterocycles. The van der Waals surface area contributed by atoms with Crippen LogP contribution in [0.4, 0.5) is 5.69 Å². The van der Waals surface area contributed by atoms with Gasteiger partial charge < -0.3 is 19.7 Å². The lowest BCUT2D eigenvalue weighted by atomic mass is 10.0. The first-order valence-corrected chi connectivity index (χ1v) is 9.00. The van der Waals surface area contributed by atoms with Gasteiger partial charge in [0, 0.05) is 36.3 Å². The highest BCUT2D eigenvalue weighted by Crippen LogP contribution is 2.31. The minimum Gasteiger partial charge on any atom is -0.497 e. The van der Waals surface area contributed by atoms with E-state index in [2.05, 4.69) is 5.32 Å². The van der Waals surface area contributed by atoms with E-state index in [1.165, 1.54) is 0 Å². The van der Waals surface area contributed by atoms with Crippen molar-refractivity contribution in [3.8, 4) is 11.5 Å². The van der Waals surface area contributed by atoms with Gasteiger partial charge in [-0.2, -0.15) is 0 Å². The maximum atomic E-state index is 12.8. The standard InChI is InChI=1S/C21H24N2O4/c1-4-20(24)23-11-10-16-17(6-5-7-18(16)23)21(25)22-13-14-12-15(26-2)8-9-19(14)27-3/h5-9,12H,4,10-11,13H2,1-3H3,(H,22,25). The summed E-state index contributed by atoms with van der Waals surface area (Å²) in [6, 6.07) is 11.0. The molecule has 0 saturated heterocycles. The van der Waals surface area contributed by atoms with E-state index >= 15 is 0 Å². The van der Waals surface area contributed by atoms with E-state index in [1.807, 2.05) is 37.3 Å². The van der Waals surface area contributed by atoms with Crippen molar-refractivity contribution in [2.45, 2.75) is 26.3 Å². The Balaban J connectivity index is 1.79. The molecule has 1 aliphatic rings. The minimum atomic E-state index is -0.164. The normalized spacial score (nSPS) is 12.5. The fraction of sp³-hybridized carbons (Fsp3) is 0.333. The minimum absolute atomic E-state index is 0.0763. The van der Waals surface area contributed by atoms with Gasteiger partial charge in [0.15, 0.2) is 0 Å². The summed E-state index contributed by atoms with van der Waals surface area (Å²) in [6.07, 6.45) is 1.14. The van der Waals surface area contributed by atoms with E-state index in [-0.39, 0.29) is 11.8 Å². The van der Waals surface area contributed by atoms with E-state index < -0.39 is 0 Å². The maximum Gasteiger partial charge on any atom is 0.251 e. The average molecular weight is 368 g/mol. The molecule has 1 N–H and O–H groups in total. The Bertz CT molecular complexity index is 863. The van der Waals surface area contributed by atoms with Gasteiger partial charge in [0.2, 0.25) is 5.91 Å². The Hall–Kier alpha value is -3.02. The molecule has 0 spiro atoms. The average Bonchev–Trinajstić information content (AvgIpc) is 3.15. The second kappa shape index (κ2) is 8.12. The number of amides is 2. The molecule has 0 bridgehead atoms. The molecule has 0 atom stereocenters. The number of hydrogen-bond acceptors (Lipinski definition) is 4. The van der Waals surface area contributed by atoms with Crippen LogP contribution >= 0.6 is 0 Å². The molecule has 0 fully saturated rings. The van der Waals surface area contributed by atoms with E-state index in [0.717, 1.165) is 16.8 Å². The van der Waals surface area contributed by atoms with Crippen LogP contribution in [0, 0.1) is 0 Å². The first kappa shape index (κ1) is 18.8. The van der Waals surface area contributed by atoms with Gasteiger partial charge in [-0.3, -0.25) is 9.59 Å². The predicted octanol–water partition coefficient (Wildman–Crippen LogP) is 2.93. The van der Waals surface area contributed by atoms with E-state index in [4.69, 9.17) is 9.47 Å². The first-order chi connectivity index (χ1) is 13.1. The van der Waals surface area contributed by atoms with Crippen molar-refractivity contribution in [2.24, 2.45) is 0 Å². The third-order valence-corrected chi connectivity index (χ3v) is 4.80. The predicted molar refractivity (Wildman–Crippen MR) is 104 cm³/mol. The fourth-order valence-corrected chi connectivity index (χ4v) is 3.39. The molecule has 3 rings (SSSR count). The number of ether oxygens (including phenoxy) is 2. The van der Waals surface area contributed by atoms with Crippen LogP contribution in [0.25, 0.3) is 0 Å². The summed E-state index contributed by atoms with van der Waals surface area (Å²) in [5, 5.41) is 2.95. The highest BCUT2D eigenvalue weighted by Gasteiger charge is 2.27. The van der Waals surface area contributed by atoms with E-state index in [0.29, 0.717) is 43.0 Å².